The maximum Gasteiger partial charge on any atom is 0.192 e. The van der Waals surface area contributed by atoms with Gasteiger partial charge in [0.1, 0.15) is 0 Å². The van der Waals surface area contributed by atoms with Gasteiger partial charge in [0.25, 0.3) is 0 Å². The lowest BCUT2D eigenvalue weighted by molar-refractivity contribution is 0.187. The Morgan fingerprint density at radius 3 is 2.00 bits per heavy atom. The fraction of sp³-hybridized carbons (Fsp3) is 0.364. The summed E-state index contributed by atoms with van der Waals surface area (Å²) in [5.74, 6) is 0. The van der Waals surface area contributed by atoms with Gasteiger partial charge in [-0.25, -0.2) is 0 Å². The van der Waals surface area contributed by atoms with Crippen LogP contribution in [-0.4, -0.2) is 8.32 Å². The van der Waals surface area contributed by atoms with E-state index >= 15 is 0 Å². The van der Waals surface area contributed by atoms with Gasteiger partial charge >= 0.3 is 0 Å². The molecule has 2 heteroatoms. The first-order valence-electron chi connectivity index (χ1n) is 8.74. The number of benzene rings is 2. The maximum atomic E-state index is 6.71. The van der Waals surface area contributed by atoms with Crippen molar-refractivity contribution in [3.63, 3.8) is 0 Å². The van der Waals surface area contributed by atoms with Gasteiger partial charge in [0.05, 0.1) is 6.10 Å². The van der Waals surface area contributed by atoms with Crippen LogP contribution in [0.5, 0.6) is 0 Å². The van der Waals surface area contributed by atoms with Gasteiger partial charge in [0.15, 0.2) is 8.32 Å². The number of hydrogen-bond acceptors (Lipinski definition) is 1. The summed E-state index contributed by atoms with van der Waals surface area (Å²) in [6, 6.07) is 21.0. The molecule has 0 heterocycles. The van der Waals surface area contributed by atoms with Crippen LogP contribution >= 0.6 is 0 Å². The Kier molecular flexibility index (Phi) is 6.19. The van der Waals surface area contributed by atoms with Gasteiger partial charge in [-0.15, -0.1) is 0 Å². The van der Waals surface area contributed by atoms with Crippen molar-refractivity contribution < 1.29 is 4.43 Å². The van der Waals surface area contributed by atoms with E-state index in [2.05, 4.69) is 101 Å². The van der Waals surface area contributed by atoms with Crippen molar-refractivity contribution in [2.75, 3.05) is 0 Å². The third kappa shape index (κ3) is 5.18. The van der Waals surface area contributed by atoms with Crippen LogP contribution in [0.15, 0.2) is 66.7 Å². The van der Waals surface area contributed by atoms with Crippen molar-refractivity contribution in [1.29, 1.82) is 0 Å². The Morgan fingerprint density at radius 2 is 1.46 bits per heavy atom. The summed E-state index contributed by atoms with van der Waals surface area (Å²) in [4.78, 5) is 0. The summed E-state index contributed by atoms with van der Waals surface area (Å²) >= 11 is 0. The van der Waals surface area contributed by atoms with Crippen molar-refractivity contribution in [3.8, 4) is 0 Å². The molecule has 0 unspecified atom stereocenters. The molecule has 2 aromatic rings. The fourth-order valence-corrected chi connectivity index (χ4v) is 3.64. The smallest absolute Gasteiger partial charge is 0.192 e. The standard InChI is InChI=1S/C22H30OSi/c1-22(2,3)24(4,5)23-21(20-16-10-7-11-17-20)18-12-15-19-13-8-6-9-14-19/h6-17,21H,18H2,1-5H3/b15-12+/t21-/m0/s1. The molecule has 0 spiro atoms. The average molecular weight is 339 g/mol. The molecular formula is C22H30OSi. The molecule has 1 nitrogen and oxygen atoms in total. The summed E-state index contributed by atoms with van der Waals surface area (Å²) in [7, 11) is -1.81. The van der Waals surface area contributed by atoms with E-state index in [9.17, 15) is 0 Å². The predicted octanol–water partition coefficient (Wildman–Crippen LogP) is 6.85. The van der Waals surface area contributed by atoms with E-state index in [-0.39, 0.29) is 11.1 Å². The zero-order chi connectivity index (χ0) is 17.6. The quantitative estimate of drug-likeness (QED) is 0.523. The molecule has 0 saturated carbocycles. The van der Waals surface area contributed by atoms with Crippen LogP contribution < -0.4 is 0 Å². The van der Waals surface area contributed by atoms with Crippen LogP contribution in [0.2, 0.25) is 18.1 Å². The first-order valence-corrected chi connectivity index (χ1v) is 11.6. The highest BCUT2D eigenvalue weighted by atomic mass is 28.4. The second-order valence-corrected chi connectivity index (χ2v) is 12.6. The highest BCUT2D eigenvalue weighted by Gasteiger charge is 2.39. The van der Waals surface area contributed by atoms with Crippen molar-refractivity contribution >= 4 is 14.4 Å². The molecule has 0 bridgehead atoms. The summed E-state index contributed by atoms with van der Waals surface area (Å²) in [6.45, 7) is 11.5. The second kappa shape index (κ2) is 7.95. The molecule has 2 rings (SSSR count). The molecule has 0 N–H and O–H groups in total. The lowest BCUT2D eigenvalue weighted by Crippen LogP contribution is -2.41. The van der Waals surface area contributed by atoms with Gasteiger partial charge in [0.2, 0.25) is 0 Å². The van der Waals surface area contributed by atoms with Gasteiger partial charge in [-0.1, -0.05) is 93.6 Å². The third-order valence-corrected chi connectivity index (χ3v) is 9.36. The molecular weight excluding hydrogens is 308 g/mol. The van der Waals surface area contributed by atoms with Gasteiger partial charge in [0, 0.05) is 0 Å². The summed E-state index contributed by atoms with van der Waals surface area (Å²) in [6.07, 6.45) is 5.43. The normalized spacial score (nSPS) is 14.0. The lowest BCUT2D eigenvalue weighted by Gasteiger charge is -2.39. The molecule has 0 fully saturated rings. The van der Waals surface area contributed by atoms with E-state index in [1.54, 1.807) is 0 Å². The monoisotopic (exact) mass is 338 g/mol. The molecule has 0 aliphatic rings. The van der Waals surface area contributed by atoms with Crippen molar-refractivity contribution in [1.82, 2.24) is 0 Å². The van der Waals surface area contributed by atoms with Gasteiger partial charge < -0.3 is 4.43 Å². The van der Waals surface area contributed by atoms with E-state index in [0.717, 1.165) is 6.42 Å². The summed E-state index contributed by atoms with van der Waals surface area (Å²) in [5.41, 5.74) is 2.50. The lowest BCUT2D eigenvalue weighted by atomic mass is 10.1. The largest absolute Gasteiger partial charge is 0.410 e. The summed E-state index contributed by atoms with van der Waals surface area (Å²) < 4.78 is 6.71. The van der Waals surface area contributed by atoms with Crippen molar-refractivity contribution in [2.45, 2.75) is 51.4 Å². The van der Waals surface area contributed by atoms with Crippen molar-refractivity contribution in [3.05, 3.63) is 77.9 Å². The van der Waals surface area contributed by atoms with E-state index in [1.807, 2.05) is 6.07 Å². The molecule has 0 aromatic heterocycles. The Balaban J connectivity index is 2.16. The van der Waals surface area contributed by atoms with Gasteiger partial charge in [-0.3, -0.25) is 0 Å². The Hall–Kier alpha value is -1.64. The second-order valence-electron chi connectivity index (χ2n) is 7.83. The van der Waals surface area contributed by atoms with Crippen LogP contribution in [0.4, 0.5) is 0 Å². The highest BCUT2D eigenvalue weighted by molar-refractivity contribution is 6.74. The fourth-order valence-electron chi connectivity index (χ4n) is 2.34. The van der Waals surface area contributed by atoms with E-state index in [0.29, 0.717) is 0 Å². The zero-order valence-corrected chi connectivity index (χ0v) is 16.6. The van der Waals surface area contributed by atoms with Crippen molar-refractivity contribution in [2.24, 2.45) is 0 Å². The van der Waals surface area contributed by atoms with E-state index in [4.69, 9.17) is 4.43 Å². The first kappa shape index (κ1) is 18.7. The SMILES string of the molecule is CC(C)(C)[Si](C)(C)O[C@@H](C/C=C/c1ccccc1)c1ccccc1. The maximum absolute atomic E-state index is 6.71. The Morgan fingerprint density at radius 1 is 0.917 bits per heavy atom. The predicted molar refractivity (Wildman–Crippen MR) is 108 cm³/mol. The average Bonchev–Trinajstić information content (AvgIpc) is 2.54. The topological polar surface area (TPSA) is 9.23 Å². The molecule has 0 aliphatic heterocycles. The Labute approximate surface area is 148 Å². The molecule has 2 aromatic carbocycles. The number of rotatable bonds is 6. The minimum absolute atomic E-state index is 0.118. The van der Waals surface area contributed by atoms with Crippen LogP contribution in [-0.2, 0) is 4.43 Å². The van der Waals surface area contributed by atoms with Gasteiger partial charge in [-0.05, 0) is 35.7 Å². The molecule has 0 radical (unpaired) electrons. The van der Waals surface area contributed by atoms with Crippen LogP contribution in [0.3, 0.4) is 0 Å². The molecule has 0 saturated heterocycles. The summed E-state index contributed by atoms with van der Waals surface area (Å²) in [5, 5.41) is 0.211. The molecule has 0 aliphatic carbocycles. The highest BCUT2D eigenvalue weighted by Crippen LogP contribution is 2.40. The van der Waals surface area contributed by atoms with Crippen LogP contribution in [0.1, 0.15) is 44.4 Å². The van der Waals surface area contributed by atoms with Crippen LogP contribution in [0, 0.1) is 0 Å². The minimum atomic E-state index is -1.81. The molecule has 0 amide bonds. The van der Waals surface area contributed by atoms with Crippen LogP contribution in [0.25, 0.3) is 6.08 Å². The minimum Gasteiger partial charge on any atom is -0.410 e. The van der Waals surface area contributed by atoms with Gasteiger partial charge in [-0.2, -0.15) is 0 Å². The molecule has 128 valence electrons. The number of hydrogen-bond donors (Lipinski definition) is 0. The van der Waals surface area contributed by atoms with E-state index < -0.39 is 8.32 Å². The first-order chi connectivity index (χ1) is 11.3. The van der Waals surface area contributed by atoms with E-state index in [1.165, 1.54) is 11.1 Å². The molecule has 1 atom stereocenters. The third-order valence-electron chi connectivity index (χ3n) is 4.87. The molecule has 24 heavy (non-hydrogen) atoms. The zero-order valence-electron chi connectivity index (χ0n) is 15.6. The Bertz CT molecular complexity index is 639.